The fraction of sp³-hybridized carbons (Fsp3) is 0.273. The van der Waals surface area contributed by atoms with E-state index in [1.54, 1.807) is 42.5 Å². The topological polar surface area (TPSA) is 85.3 Å². The van der Waals surface area contributed by atoms with Crippen LogP contribution in [0, 0.1) is 0 Å². The number of Topliss-reactive ketones (excluding diaryl/α,β-unsaturated/α-hetero) is 1. The molecule has 7 nitrogen and oxygen atoms in total. The summed E-state index contributed by atoms with van der Waals surface area (Å²) >= 11 is 3.38. The van der Waals surface area contributed by atoms with Gasteiger partial charge < -0.3 is 24.2 Å². The molecule has 0 aliphatic carbocycles. The molecule has 1 aliphatic rings. The zero-order chi connectivity index (χ0) is 21.8. The van der Waals surface area contributed by atoms with E-state index in [2.05, 4.69) is 15.9 Å². The minimum Gasteiger partial charge on any atom is -0.507 e. The van der Waals surface area contributed by atoms with E-state index < -0.39 is 17.7 Å². The first kappa shape index (κ1) is 21.9. The number of nitrogens with zero attached hydrogens (tertiary/aromatic N) is 1. The van der Waals surface area contributed by atoms with Crippen LogP contribution in [0.15, 0.2) is 52.5 Å². The summed E-state index contributed by atoms with van der Waals surface area (Å²) in [5, 5.41) is 11.1. The number of aliphatic hydroxyl groups excluding tert-OH is 1. The third-order valence-corrected chi connectivity index (χ3v) is 5.53. The average Bonchev–Trinajstić information content (AvgIpc) is 3.01. The number of likely N-dealkylation sites (tertiary alicyclic amines) is 1. The molecular formula is C22H22BrNO6. The van der Waals surface area contributed by atoms with Gasteiger partial charge in [0.05, 0.1) is 36.9 Å². The number of halogens is 1. The van der Waals surface area contributed by atoms with Gasteiger partial charge in [-0.05, 0) is 51.8 Å². The first-order valence-corrected chi connectivity index (χ1v) is 9.97. The van der Waals surface area contributed by atoms with Gasteiger partial charge in [0.2, 0.25) is 0 Å². The van der Waals surface area contributed by atoms with Gasteiger partial charge in [0.15, 0.2) is 0 Å². The number of methoxy groups -OCH3 is 3. The molecule has 1 heterocycles. The lowest BCUT2D eigenvalue weighted by Crippen LogP contribution is -2.32. The molecule has 1 N–H and O–H groups in total. The number of aliphatic hydroxyl groups is 1. The Morgan fingerprint density at radius 3 is 2.50 bits per heavy atom. The summed E-state index contributed by atoms with van der Waals surface area (Å²) in [4.78, 5) is 27.1. The van der Waals surface area contributed by atoms with Gasteiger partial charge in [-0.2, -0.15) is 0 Å². The molecule has 1 aliphatic heterocycles. The molecule has 1 saturated heterocycles. The van der Waals surface area contributed by atoms with Crippen molar-refractivity contribution in [1.29, 1.82) is 0 Å². The second-order valence-electron chi connectivity index (χ2n) is 6.61. The fourth-order valence-corrected chi connectivity index (χ4v) is 3.97. The Morgan fingerprint density at radius 2 is 1.87 bits per heavy atom. The lowest BCUT2D eigenvalue weighted by Gasteiger charge is -2.25. The van der Waals surface area contributed by atoms with E-state index in [0.29, 0.717) is 27.1 Å². The molecular weight excluding hydrogens is 454 g/mol. The van der Waals surface area contributed by atoms with Crippen LogP contribution in [0.5, 0.6) is 11.5 Å². The number of benzene rings is 2. The second kappa shape index (κ2) is 9.32. The predicted molar refractivity (Wildman–Crippen MR) is 115 cm³/mol. The van der Waals surface area contributed by atoms with Crippen molar-refractivity contribution in [3.8, 4) is 11.5 Å². The SMILES string of the molecule is COCCN1C(=O)C(=O)/C(=C(\O)c2ccc(OC)c(Br)c2)C1c1cccc(OC)c1. The summed E-state index contributed by atoms with van der Waals surface area (Å²) in [5.41, 5.74) is 1.06. The molecule has 1 atom stereocenters. The monoisotopic (exact) mass is 475 g/mol. The van der Waals surface area contributed by atoms with Crippen LogP contribution in [0.1, 0.15) is 17.2 Å². The van der Waals surface area contributed by atoms with E-state index in [0.717, 1.165) is 0 Å². The van der Waals surface area contributed by atoms with Gasteiger partial charge in [0.25, 0.3) is 11.7 Å². The summed E-state index contributed by atoms with van der Waals surface area (Å²) in [6, 6.07) is 11.2. The van der Waals surface area contributed by atoms with Crippen LogP contribution in [0.4, 0.5) is 0 Å². The molecule has 0 radical (unpaired) electrons. The number of ketones is 1. The smallest absolute Gasteiger partial charge is 0.295 e. The van der Waals surface area contributed by atoms with Crippen molar-refractivity contribution in [2.45, 2.75) is 6.04 Å². The highest BCUT2D eigenvalue weighted by atomic mass is 79.9. The molecule has 158 valence electrons. The molecule has 30 heavy (non-hydrogen) atoms. The third-order valence-electron chi connectivity index (χ3n) is 4.91. The molecule has 1 fully saturated rings. The van der Waals surface area contributed by atoms with Crippen LogP contribution >= 0.6 is 15.9 Å². The Bertz CT molecular complexity index is 1000. The maximum atomic E-state index is 12.9. The minimum atomic E-state index is -0.767. The Balaban J connectivity index is 2.17. The van der Waals surface area contributed by atoms with Gasteiger partial charge in [0.1, 0.15) is 17.3 Å². The largest absolute Gasteiger partial charge is 0.507 e. The second-order valence-corrected chi connectivity index (χ2v) is 7.47. The van der Waals surface area contributed by atoms with Crippen molar-refractivity contribution in [3.63, 3.8) is 0 Å². The summed E-state index contributed by atoms with van der Waals surface area (Å²) in [7, 11) is 4.59. The zero-order valence-electron chi connectivity index (χ0n) is 16.8. The first-order chi connectivity index (χ1) is 14.4. The van der Waals surface area contributed by atoms with Crippen molar-refractivity contribution in [1.82, 2.24) is 4.90 Å². The fourth-order valence-electron chi connectivity index (χ4n) is 3.43. The number of rotatable bonds is 7. The third kappa shape index (κ3) is 4.06. The molecule has 0 spiro atoms. The van der Waals surface area contributed by atoms with Gasteiger partial charge in [-0.25, -0.2) is 0 Å². The summed E-state index contributed by atoms with van der Waals surface area (Å²) in [6.07, 6.45) is 0. The van der Waals surface area contributed by atoms with Gasteiger partial charge in [-0.15, -0.1) is 0 Å². The quantitative estimate of drug-likeness (QED) is 0.374. The highest BCUT2D eigenvalue weighted by molar-refractivity contribution is 9.10. The highest BCUT2D eigenvalue weighted by Crippen LogP contribution is 2.40. The van der Waals surface area contributed by atoms with E-state index >= 15 is 0 Å². The average molecular weight is 476 g/mol. The normalized spacial score (nSPS) is 18.0. The molecule has 2 aromatic carbocycles. The summed E-state index contributed by atoms with van der Waals surface area (Å²) in [5.74, 6) is -0.532. The predicted octanol–water partition coefficient (Wildman–Crippen LogP) is 3.53. The van der Waals surface area contributed by atoms with Crippen LogP contribution in [-0.2, 0) is 14.3 Å². The number of carbonyl (C=O) groups excluding carboxylic acids is 2. The molecule has 2 aromatic rings. The summed E-state index contributed by atoms with van der Waals surface area (Å²) in [6.45, 7) is 0.452. The molecule has 8 heteroatoms. The Hall–Kier alpha value is -2.84. The first-order valence-electron chi connectivity index (χ1n) is 9.18. The number of ether oxygens (including phenoxy) is 3. The Kier molecular flexibility index (Phi) is 6.79. The summed E-state index contributed by atoms with van der Waals surface area (Å²) < 4.78 is 16.2. The van der Waals surface area contributed by atoms with Crippen molar-refractivity contribution in [2.24, 2.45) is 0 Å². The van der Waals surface area contributed by atoms with Crippen LogP contribution in [0.2, 0.25) is 0 Å². The zero-order valence-corrected chi connectivity index (χ0v) is 18.4. The van der Waals surface area contributed by atoms with E-state index in [1.165, 1.54) is 26.2 Å². The van der Waals surface area contributed by atoms with Crippen molar-refractivity contribution < 1.29 is 28.9 Å². The van der Waals surface area contributed by atoms with Crippen molar-refractivity contribution >= 4 is 33.4 Å². The van der Waals surface area contributed by atoms with Crippen LogP contribution in [-0.4, -0.2) is 56.2 Å². The Morgan fingerprint density at radius 1 is 1.10 bits per heavy atom. The standard InChI is InChI=1S/C22H22BrNO6/c1-28-10-9-24-19(13-5-4-6-15(11-13)29-2)18(21(26)22(24)27)20(25)14-7-8-17(30-3)16(23)12-14/h4-8,11-12,19,25H,9-10H2,1-3H3/b20-18-. The van der Waals surface area contributed by atoms with Gasteiger partial charge in [0, 0.05) is 19.2 Å². The molecule has 1 unspecified atom stereocenters. The number of hydrogen-bond donors (Lipinski definition) is 1. The van der Waals surface area contributed by atoms with Crippen molar-refractivity contribution in [2.75, 3.05) is 34.5 Å². The van der Waals surface area contributed by atoms with Crippen molar-refractivity contribution in [3.05, 3.63) is 63.6 Å². The van der Waals surface area contributed by atoms with E-state index in [1.807, 2.05) is 0 Å². The van der Waals surface area contributed by atoms with E-state index in [-0.39, 0.29) is 24.5 Å². The lowest BCUT2D eigenvalue weighted by atomic mass is 9.95. The number of hydrogen-bond acceptors (Lipinski definition) is 6. The molecule has 0 aromatic heterocycles. The van der Waals surface area contributed by atoms with Gasteiger partial charge >= 0.3 is 0 Å². The molecule has 0 bridgehead atoms. The lowest BCUT2D eigenvalue weighted by molar-refractivity contribution is -0.140. The molecule has 0 saturated carbocycles. The van der Waals surface area contributed by atoms with Crippen LogP contribution in [0.3, 0.4) is 0 Å². The van der Waals surface area contributed by atoms with E-state index in [9.17, 15) is 14.7 Å². The number of amides is 1. The van der Waals surface area contributed by atoms with Crippen LogP contribution in [0.25, 0.3) is 5.76 Å². The number of carbonyl (C=O) groups is 2. The highest BCUT2D eigenvalue weighted by Gasteiger charge is 2.46. The van der Waals surface area contributed by atoms with Crippen LogP contribution < -0.4 is 9.47 Å². The molecule has 3 rings (SSSR count). The Labute approximate surface area is 183 Å². The molecule has 1 amide bonds. The van der Waals surface area contributed by atoms with E-state index in [4.69, 9.17) is 14.2 Å². The van der Waals surface area contributed by atoms with Gasteiger partial charge in [-0.1, -0.05) is 12.1 Å². The minimum absolute atomic E-state index is 0.0152. The maximum Gasteiger partial charge on any atom is 0.295 e. The maximum absolute atomic E-state index is 12.9. The van der Waals surface area contributed by atoms with Gasteiger partial charge in [-0.3, -0.25) is 9.59 Å².